The summed E-state index contributed by atoms with van der Waals surface area (Å²) < 4.78 is 51.1. The fraction of sp³-hybridized carbons (Fsp3) is 0.323. The summed E-state index contributed by atoms with van der Waals surface area (Å²) in [5.41, 5.74) is 1.46. The van der Waals surface area contributed by atoms with Crippen LogP contribution in [0, 0.1) is 0 Å². The number of ether oxygens (including phenoxy) is 2. The number of urea groups is 1. The third-order valence-corrected chi connectivity index (χ3v) is 7.67. The maximum absolute atomic E-state index is 13.1. The number of halogens is 4. The molecule has 1 aliphatic heterocycles. The molecule has 0 unspecified atom stereocenters. The van der Waals surface area contributed by atoms with Gasteiger partial charge in [0.2, 0.25) is 0 Å². The van der Waals surface area contributed by atoms with Gasteiger partial charge in [0, 0.05) is 61.1 Å². The number of methoxy groups -OCH3 is 1. The van der Waals surface area contributed by atoms with Crippen LogP contribution in [0.4, 0.5) is 29.3 Å². The van der Waals surface area contributed by atoms with Crippen molar-refractivity contribution in [2.24, 2.45) is 0 Å². The SMILES string of the molecule is COc1cc2c(-c3ccc(NC(=O)Nc4ccc(Cl)c(C(F)(F)F)c4)cc3)ncnc2cc1OCCCN1CCN(C)CC1. The predicted molar refractivity (Wildman–Crippen MR) is 165 cm³/mol. The third-order valence-electron chi connectivity index (χ3n) is 7.34. The number of carbonyl (C=O) groups excluding carboxylic acids is 1. The smallest absolute Gasteiger partial charge is 0.417 e. The topological polar surface area (TPSA) is 91.8 Å². The average molecular weight is 629 g/mol. The lowest BCUT2D eigenvalue weighted by Gasteiger charge is -2.32. The zero-order valence-corrected chi connectivity index (χ0v) is 25.0. The fourth-order valence-corrected chi connectivity index (χ4v) is 5.16. The molecule has 3 aromatic carbocycles. The molecule has 0 radical (unpaired) electrons. The number of likely N-dealkylation sites (N-methyl/N-ethyl adjacent to an activating group) is 1. The van der Waals surface area contributed by atoms with Gasteiger partial charge in [-0.25, -0.2) is 14.8 Å². The molecule has 0 atom stereocenters. The van der Waals surface area contributed by atoms with E-state index >= 15 is 0 Å². The van der Waals surface area contributed by atoms with E-state index in [0.717, 1.165) is 62.2 Å². The number of rotatable bonds is 9. The van der Waals surface area contributed by atoms with Crippen LogP contribution in [0.2, 0.25) is 5.02 Å². The van der Waals surface area contributed by atoms with Crippen LogP contribution in [0.15, 0.2) is 60.9 Å². The van der Waals surface area contributed by atoms with E-state index in [1.165, 1.54) is 12.4 Å². The van der Waals surface area contributed by atoms with Crippen molar-refractivity contribution in [3.05, 3.63) is 71.5 Å². The van der Waals surface area contributed by atoms with Gasteiger partial charge in [-0.1, -0.05) is 23.7 Å². The number of nitrogens with one attached hydrogen (secondary N) is 2. The van der Waals surface area contributed by atoms with Crippen LogP contribution >= 0.6 is 11.6 Å². The first-order chi connectivity index (χ1) is 21.1. The highest BCUT2D eigenvalue weighted by Gasteiger charge is 2.33. The Morgan fingerprint density at radius 3 is 2.36 bits per heavy atom. The minimum Gasteiger partial charge on any atom is -0.493 e. The summed E-state index contributed by atoms with van der Waals surface area (Å²) >= 11 is 5.65. The maximum Gasteiger partial charge on any atom is 0.417 e. The third kappa shape index (κ3) is 7.68. The number of hydrogen-bond acceptors (Lipinski definition) is 7. The van der Waals surface area contributed by atoms with Crippen LogP contribution < -0.4 is 20.1 Å². The molecule has 232 valence electrons. The molecule has 1 aromatic heterocycles. The van der Waals surface area contributed by atoms with Crippen molar-refractivity contribution < 1.29 is 27.4 Å². The Hall–Kier alpha value is -4.13. The average Bonchev–Trinajstić information content (AvgIpc) is 3.00. The second-order valence-electron chi connectivity index (χ2n) is 10.4. The van der Waals surface area contributed by atoms with Crippen molar-refractivity contribution in [2.45, 2.75) is 12.6 Å². The number of carbonyl (C=O) groups is 1. The molecule has 0 spiro atoms. The van der Waals surface area contributed by atoms with Gasteiger partial charge < -0.3 is 29.9 Å². The number of aromatic nitrogens is 2. The Kier molecular flexibility index (Phi) is 9.72. The second-order valence-corrected chi connectivity index (χ2v) is 10.8. The second kappa shape index (κ2) is 13.7. The standard InChI is InChI=1S/C31H32ClF3N6O3/c1-40-11-13-41(14-12-40)10-3-15-44-28-18-26-23(17-27(28)43-2)29(37-19-36-26)20-4-6-21(7-5-20)38-30(42)39-22-8-9-25(32)24(16-22)31(33,34)35/h4-9,16-19H,3,10-15H2,1-2H3,(H2,38,39,42). The monoisotopic (exact) mass is 628 g/mol. The largest absolute Gasteiger partial charge is 0.493 e. The molecule has 9 nitrogen and oxygen atoms in total. The molecular weight excluding hydrogens is 597 g/mol. The van der Waals surface area contributed by atoms with Gasteiger partial charge in [0.25, 0.3) is 0 Å². The lowest BCUT2D eigenvalue weighted by Crippen LogP contribution is -2.44. The number of nitrogens with zero attached hydrogens (tertiary/aromatic N) is 4. The Bertz CT molecular complexity index is 1610. The van der Waals surface area contributed by atoms with Crippen LogP contribution in [0.1, 0.15) is 12.0 Å². The molecule has 2 amide bonds. The number of benzene rings is 3. The zero-order chi connectivity index (χ0) is 31.3. The van der Waals surface area contributed by atoms with Crippen molar-refractivity contribution in [2.75, 3.05) is 64.1 Å². The van der Waals surface area contributed by atoms with Gasteiger partial charge in [-0.3, -0.25) is 0 Å². The lowest BCUT2D eigenvalue weighted by atomic mass is 10.1. The summed E-state index contributed by atoms with van der Waals surface area (Å²) in [6.45, 7) is 5.81. The number of fused-ring (bicyclic) bond motifs is 1. The summed E-state index contributed by atoms with van der Waals surface area (Å²) in [4.78, 5) is 26.1. The van der Waals surface area contributed by atoms with Crippen molar-refractivity contribution >= 4 is 39.9 Å². The number of piperazine rings is 1. The molecule has 0 aliphatic carbocycles. The van der Waals surface area contributed by atoms with Crippen molar-refractivity contribution in [1.29, 1.82) is 0 Å². The molecule has 0 saturated carbocycles. The molecule has 2 heterocycles. The molecule has 0 bridgehead atoms. The minimum atomic E-state index is -4.64. The van der Waals surface area contributed by atoms with Gasteiger partial charge in [-0.05, 0) is 49.9 Å². The Morgan fingerprint density at radius 2 is 1.66 bits per heavy atom. The van der Waals surface area contributed by atoms with Gasteiger partial charge in [-0.2, -0.15) is 13.2 Å². The number of amides is 2. The van der Waals surface area contributed by atoms with Crippen molar-refractivity contribution in [3.8, 4) is 22.8 Å². The van der Waals surface area contributed by atoms with Crippen LogP contribution in [0.5, 0.6) is 11.5 Å². The first kappa shape index (κ1) is 31.3. The van der Waals surface area contributed by atoms with E-state index in [9.17, 15) is 18.0 Å². The van der Waals surface area contributed by atoms with E-state index in [1.54, 1.807) is 31.4 Å². The van der Waals surface area contributed by atoms with E-state index in [4.69, 9.17) is 21.1 Å². The summed E-state index contributed by atoms with van der Waals surface area (Å²) in [5, 5.41) is 5.32. The van der Waals surface area contributed by atoms with E-state index in [1.807, 2.05) is 12.1 Å². The summed E-state index contributed by atoms with van der Waals surface area (Å²) in [6.07, 6.45) is -2.27. The predicted octanol–water partition coefficient (Wildman–Crippen LogP) is 6.64. The fourth-order valence-electron chi connectivity index (χ4n) is 4.93. The molecule has 1 saturated heterocycles. The summed E-state index contributed by atoms with van der Waals surface area (Å²) in [6, 6.07) is 13.0. The molecule has 5 rings (SSSR count). The molecule has 1 fully saturated rings. The van der Waals surface area contributed by atoms with E-state index in [0.29, 0.717) is 35.0 Å². The Labute approximate surface area is 257 Å². The lowest BCUT2D eigenvalue weighted by molar-refractivity contribution is -0.137. The Morgan fingerprint density at radius 1 is 0.955 bits per heavy atom. The first-order valence-electron chi connectivity index (χ1n) is 14.0. The summed E-state index contributed by atoms with van der Waals surface area (Å²) in [5.74, 6) is 1.18. The van der Waals surface area contributed by atoms with Crippen molar-refractivity contribution in [1.82, 2.24) is 19.8 Å². The van der Waals surface area contributed by atoms with Crippen LogP contribution in [-0.2, 0) is 6.18 Å². The number of alkyl halides is 3. The molecular formula is C31H32ClF3N6O3. The molecule has 4 aromatic rings. The maximum atomic E-state index is 13.1. The van der Waals surface area contributed by atoms with Gasteiger partial charge >= 0.3 is 12.2 Å². The minimum absolute atomic E-state index is 0.0457. The normalized spacial score (nSPS) is 14.4. The van der Waals surface area contributed by atoms with Crippen LogP contribution in [0.3, 0.4) is 0 Å². The van der Waals surface area contributed by atoms with Gasteiger partial charge in [-0.15, -0.1) is 0 Å². The van der Waals surface area contributed by atoms with E-state index in [2.05, 4.69) is 37.4 Å². The highest BCUT2D eigenvalue weighted by molar-refractivity contribution is 6.31. The quantitative estimate of drug-likeness (QED) is 0.201. The van der Waals surface area contributed by atoms with Gasteiger partial charge in [0.1, 0.15) is 6.33 Å². The number of anilines is 2. The highest BCUT2D eigenvalue weighted by Crippen LogP contribution is 2.37. The summed E-state index contributed by atoms with van der Waals surface area (Å²) in [7, 11) is 3.73. The van der Waals surface area contributed by atoms with E-state index in [-0.39, 0.29) is 5.69 Å². The highest BCUT2D eigenvalue weighted by atomic mass is 35.5. The van der Waals surface area contributed by atoms with Gasteiger partial charge in [0.15, 0.2) is 11.5 Å². The Balaban J connectivity index is 1.24. The van der Waals surface area contributed by atoms with Crippen molar-refractivity contribution in [3.63, 3.8) is 0 Å². The number of hydrogen-bond donors (Lipinski definition) is 2. The molecule has 44 heavy (non-hydrogen) atoms. The zero-order valence-electron chi connectivity index (χ0n) is 24.2. The van der Waals surface area contributed by atoms with Crippen LogP contribution in [0.25, 0.3) is 22.2 Å². The van der Waals surface area contributed by atoms with Crippen LogP contribution in [-0.4, -0.2) is 79.3 Å². The molecule has 2 N–H and O–H groups in total. The first-order valence-corrected chi connectivity index (χ1v) is 14.4. The molecule has 1 aliphatic rings. The van der Waals surface area contributed by atoms with E-state index < -0.39 is 22.8 Å². The molecule has 13 heteroatoms. The van der Waals surface area contributed by atoms with Gasteiger partial charge in [0.05, 0.1) is 35.5 Å².